The van der Waals surface area contributed by atoms with Crippen molar-refractivity contribution < 1.29 is 13.9 Å². The van der Waals surface area contributed by atoms with Gasteiger partial charge in [0.15, 0.2) is 0 Å². The summed E-state index contributed by atoms with van der Waals surface area (Å²) in [4.78, 5) is 20.2. The molecule has 4 rings (SSSR count). The minimum atomic E-state index is -0.377. The van der Waals surface area contributed by atoms with Crippen LogP contribution in [-0.4, -0.2) is 15.9 Å². The molecule has 0 spiro atoms. The van der Waals surface area contributed by atoms with E-state index < -0.39 is 0 Å². The SMILES string of the molecule is Cc1cc2c(C(=O)OCc3nc(-c4ccccc4)oc3C)cccc2[nH]1. The predicted molar refractivity (Wildman–Crippen MR) is 98.8 cm³/mol. The summed E-state index contributed by atoms with van der Waals surface area (Å²) in [6.07, 6.45) is 0. The average molecular weight is 346 g/mol. The molecule has 1 N–H and O–H groups in total. The number of aromatic nitrogens is 2. The quantitative estimate of drug-likeness (QED) is 0.539. The highest BCUT2D eigenvalue weighted by Crippen LogP contribution is 2.23. The van der Waals surface area contributed by atoms with Crippen LogP contribution in [0.3, 0.4) is 0 Å². The number of nitrogens with zero attached hydrogens (tertiary/aromatic N) is 1. The number of carbonyl (C=O) groups excluding carboxylic acids is 1. The summed E-state index contributed by atoms with van der Waals surface area (Å²) in [5.74, 6) is 0.795. The van der Waals surface area contributed by atoms with E-state index in [1.807, 2.05) is 62.4 Å². The summed E-state index contributed by atoms with van der Waals surface area (Å²) in [6.45, 7) is 3.85. The average Bonchev–Trinajstić information content (AvgIpc) is 3.21. The van der Waals surface area contributed by atoms with Crippen molar-refractivity contribution in [2.45, 2.75) is 20.5 Å². The molecule has 130 valence electrons. The lowest BCUT2D eigenvalue weighted by molar-refractivity contribution is 0.0469. The van der Waals surface area contributed by atoms with Crippen LogP contribution >= 0.6 is 0 Å². The van der Waals surface area contributed by atoms with Gasteiger partial charge >= 0.3 is 5.97 Å². The fourth-order valence-corrected chi connectivity index (χ4v) is 2.95. The normalized spacial score (nSPS) is 11.0. The smallest absolute Gasteiger partial charge is 0.339 e. The Morgan fingerprint density at radius 3 is 2.73 bits per heavy atom. The van der Waals surface area contributed by atoms with Gasteiger partial charge in [-0.25, -0.2) is 9.78 Å². The van der Waals surface area contributed by atoms with Gasteiger partial charge in [-0.2, -0.15) is 0 Å². The number of ether oxygens (including phenoxy) is 1. The number of fused-ring (bicyclic) bond motifs is 1. The number of oxazole rings is 1. The Labute approximate surface area is 150 Å². The fourth-order valence-electron chi connectivity index (χ4n) is 2.95. The van der Waals surface area contributed by atoms with E-state index in [1.165, 1.54) is 0 Å². The van der Waals surface area contributed by atoms with Crippen LogP contribution in [0.25, 0.3) is 22.4 Å². The second-order valence-electron chi connectivity index (χ2n) is 6.18. The molecule has 2 aromatic carbocycles. The molecule has 0 amide bonds. The number of rotatable bonds is 4. The highest BCUT2D eigenvalue weighted by molar-refractivity contribution is 6.03. The Balaban J connectivity index is 1.54. The minimum absolute atomic E-state index is 0.0702. The molecule has 0 bridgehead atoms. The van der Waals surface area contributed by atoms with Gasteiger partial charge < -0.3 is 14.1 Å². The van der Waals surface area contributed by atoms with Crippen molar-refractivity contribution in [2.24, 2.45) is 0 Å². The molecule has 26 heavy (non-hydrogen) atoms. The van der Waals surface area contributed by atoms with Gasteiger partial charge in [-0.1, -0.05) is 24.3 Å². The summed E-state index contributed by atoms with van der Waals surface area (Å²) in [5, 5.41) is 0.858. The molecule has 0 fully saturated rings. The third-order valence-corrected chi connectivity index (χ3v) is 4.27. The molecular formula is C21H18N2O3. The summed E-state index contributed by atoms with van der Waals surface area (Å²) < 4.78 is 11.2. The van der Waals surface area contributed by atoms with Crippen molar-refractivity contribution in [1.29, 1.82) is 0 Å². The first-order valence-electron chi connectivity index (χ1n) is 8.39. The maximum Gasteiger partial charge on any atom is 0.339 e. The van der Waals surface area contributed by atoms with Gasteiger partial charge in [0.25, 0.3) is 0 Å². The van der Waals surface area contributed by atoms with Gasteiger partial charge in [0.05, 0.1) is 5.56 Å². The second kappa shape index (κ2) is 6.52. The van der Waals surface area contributed by atoms with Crippen LogP contribution in [0.4, 0.5) is 0 Å². The maximum atomic E-state index is 12.5. The Hall–Kier alpha value is -3.34. The molecular weight excluding hydrogens is 328 g/mol. The van der Waals surface area contributed by atoms with Gasteiger partial charge in [0.2, 0.25) is 5.89 Å². The molecule has 5 heteroatoms. The lowest BCUT2D eigenvalue weighted by atomic mass is 10.1. The van der Waals surface area contributed by atoms with Crippen molar-refractivity contribution >= 4 is 16.9 Å². The number of nitrogens with one attached hydrogen (secondary N) is 1. The summed E-state index contributed by atoms with van der Waals surface area (Å²) >= 11 is 0. The van der Waals surface area contributed by atoms with Gasteiger partial charge in [0, 0.05) is 22.2 Å². The zero-order chi connectivity index (χ0) is 18.1. The molecule has 0 saturated heterocycles. The molecule has 0 saturated carbocycles. The minimum Gasteiger partial charge on any atom is -0.455 e. The topological polar surface area (TPSA) is 68.1 Å². The van der Waals surface area contributed by atoms with Gasteiger partial charge in [-0.3, -0.25) is 0 Å². The van der Waals surface area contributed by atoms with Gasteiger partial charge in [-0.05, 0) is 44.2 Å². The highest BCUT2D eigenvalue weighted by Gasteiger charge is 2.16. The predicted octanol–water partition coefficient (Wildman–Crippen LogP) is 4.80. The number of esters is 1. The zero-order valence-electron chi connectivity index (χ0n) is 14.6. The van der Waals surface area contributed by atoms with Crippen molar-refractivity contribution in [1.82, 2.24) is 9.97 Å². The van der Waals surface area contributed by atoms with Gasteiger partial charge in [-0.15, -0.1) is 0 Å². The number of benzene rings is 2. The monoisotopic (exact) mass is 346 g/mol. The first kappa shape index (κ1) is 16.1. The highest BCUT2D eigenvalue weighted by atomic mass is 16.5. The first-order valence-corrected chi connectivity index (χ1v) is 8.39. The molecule has 0 aliphatic heterocycles. The number of hydrogen-bond acceptors (Lipinski definition) is 4. The molecule has 2 aromatic heterocycles. The maximum absolute atomic E-state index is 12.5. The lowest BCUT2D eigenvalue weighted by Gasteiger charge is -2.04. The number of hydrogen-bond donors (Lipinski definition) is 1. The lowest BCUT2D eigenvalue weighted by Crippen LogP contribution is -2.06. The Morgan fingerprint density at radius 2 is 1.92 bits per heavy atom. The Bertz CT molecular complexity index is 1080. The van der Waals surface area contributed by atoms with Crippen LogP contribution < -0.4 is 0 Å². The van der Waals surface area contributed by atoms with E-state index in [2.05, 4.69) is 9.97 Å². The van der Waals surface area contributed by atoms with E-state index in [0.717, 1.165) is 22.2 Å². The van der Waals surface area contributed by atoms with Crippen LogP contribution in [0.15, 0.2) is 59.0 Å². The second-order valence-corrected chi connectivity index (χ2v) is 6.18. The fraction of sp³-hybridized carbons (Fsp3) is 0.143. The van der Waals surface area contributed by atoms with Crippen molar-refractivity contribution in [3.05, 3.63) is 77.3 Å². The van der Waals surface area contributed by atoms with Crippen LogP contribution in [0, 0.1) is 13.8 Å². The van der Waals surface area contributed by atoms with E-state index >= 15 is 0 Å². The largest absolute Gasteiger partial charge is 0.455 e. The van der Waals surface area contributed by atoms with Crippen LogP contribution in [0.1, 0.15) is 27.5 Å². The zero-order valence-corrected chi connectivity index (χ0v) is 14.6. The third-order valence-electron chi connectivity index (χ3n) is 4.27. The van der Waals surface area contributed by atoms with Gasteiger partial charge in [0.1, 0.15) is 18.1 Å². The number of H-pyrrole nitrogens is 1. The molecule has 2 heterocycles. The molecule has 4 aromatic rings. The molecule has 0 aliphatic carbocycles. The summed E-state index contributed by atoms with van der Waals surface area (Å²) in [5.41, 5.74) is 3.97. The van der Waals surface area contributed by atoms with Crippen molar-refractivity contribution in [3.8, 4) is 11.5 Å². The van der Waals surface area contributed by atoms with E-state index in [4.69, 9.17) is 9.15 Å². The first-order chi connectivity index (χ1) is 12.6. The van der Waals surface area contributed by atoms with Crippen LogP contribution in [-0.2, 0) is 11.3 Å². The molecule has 0 unspecified atom stereocenters. The van der Waals surface area contributed by atoms with E-state index in [1.54, 1.807) is 6.07 Å². The summed E-state index contributed by atoms with van der Waals surface area (Å²) in [7, 11) is 0. The Morgan fingerprint density at radius 1 is 1.12 bits per heavy atom. The molecule has 0 radical (unpaired) electrons. The van der Waals surface area contributed by atoms with Crippen LogP contribution in [0.2, 0.25) is 0 Å². The van der Waals surface area contributed by atoms with Crippen LogP contribution in [0.5, 0.6) is 0 Å². The van der Waals surface area contributed by atoms with Crippen molar-refractivity contribution in [2.75, 3.05) is 0 Å². The van der Waals surface area contributed by atoms with E-state index in [9.17, 15) is 4.79 Å². The third kappa shape index (κ3) is 2.99. The van der Waals surface area contributed by atoms with E-state index in [0.29, 0.717) is 22.9 Å². The molecule has 0 atom stereocenters. The molecule has 0 aliphatic rings. The number of aryl methyl sites for hydroxylation is 2. The number of aromatic amines is 1. The summed E-state index contributed by atoms with van der Waals surface area (Å²) in [6, 6.07) is 17.1. The van der Waals surface area contributed by atoms with E-state index in [-0.39, 0.29) is 12.6 Å². The standard InChI is InChI=1S/C21H18N2O3/c1-13-11-17-16(9-6-10-18(17)22-13)21(24)25-12-19-14(2)26-20(23-19)15-7-4-3-5-8-15/h3-11,22H,12H2,1-2H3. The Kier molecular flexibility index (Phi) is 4.05. The van der Waals surface area contributed by atoms with Crippen molar-refractivity contribution in [3.63, 3.8) is 0 Å². The molecule has 5 nitrogen and oxygen atoms in total. The number of carbonyl (C=O) groups is 1.